The summed E-state index contributed by atoms with van der Waals surface area (Å²) in [4.78, 5) is 37.5. The van der Waals surface area contributed by atoms with E-state index in [0.717, 1.165) is 44.6 Å². The second-order valence-corrected chi connectivity index (χ2v) is 19.0. The lowest BCUT2D eigenvalue weighted by Crippen LogP contribution is -2.34. The minimum Gasteiger partial charge on any atom is -0.465 e. The van der Waals surface area contributed by atoms with Crippen LogP contribution in [0.2, 0.25) is 25.7 Å². The number of esters is 2. The molecule has 0 bridgehead atoms. The third kappa shape index (κ3) is 29.5. The first kappa shape index (κ1) is 42.1. The lowest BCUT2D eigenvalue weighted by molar-refractivity contribution is -0.169. The fourth-order valence-electron chi connectivity index (χ4n) is 3.91. The van der Waals surface area contributed by atoms with E-state index in [1.165, 1.54) is 0 Å². The molecule has 7 heteroatoms. The predicted molar refractivity (Wildman–Crippen MR) is 193 cm³/mol. The number of hydrogen-bond donors (Lipinski definition) is 1. The maximum absolute atomic E-state index is 12.7. The summed E-state index contributed by atoms with van der Waals surface area (Å²) in [7, 11) is -1.35. The highest BCUT2D eigenvalue weighted by Crippen LogP contribution is 2.18. The molecule has 1 unspecified atom stereocenters. The molecule has 0 aromatic carbocycles. The molecule has 45 heavy (non-hydrogen) atoms. The third-order valence-electron chi connectivity index (χ3n) is 6.45. The van der Waals surface area contributed by atoms with Crippen molar-refractivity contribution < 1.29 is 23.9 Å². The summed E-state index contributed by atoms with van der Waals surface area (Å²) >= 11 is 0. The summed E-state index contributed by atoms with van der Waals surface area (Å²) in [6, 6.07) is 0.852. The molecule has 0 spiro atoms. The summed E-state index contributed by atoms with van der Waals surface area (Å²) in [5.74, 6) is -1.98. The van der Waals surface area contributed by atoms with Crippen molar-refractivity contribution in [1.29, 1.82) is 0 Å². The molecule has 0 aliphatic rings. The fourth-order valence-corrected chi connectivity index (χ4v) is 4.62. The molecule has 0 fully saturated rings. The largest absolute Gasteiger partial charge is 0.465 e. The number of hydrogen-bond acceptors (Lipinski definition) is 5. The first-order chi connectivity index (χ1) is 21.4. The molecule has 0 aliphatic carbocycles. The molecule has 0 rings (SSSR count). The maximum Gasteiger partial charge on any atom is 0.320 e. The molecular formula is C38H63NO5Si. The summed E-state index contributed by atoms with van der Waals surface area (Å²) in [5.41, 5.74) is -0.675. The normalized spacial score (nSPS) is 13.7. The molecule has 0 saturated carbocycles. The Kier molecular flexibility index (Phi) is 24.6. The number of ether oxygens (including phenoxy) is 2. The minimum atomic E-state index is -1.35. The number of unbranched alkanes of at least 4 members (excludes halogenated alkanes) is 1. The highest BCUT2D eigenvalue weighted by Gasteiger charge is 2.32. The van der Waals surface area contributed by atoms with Crippen LogP contribution in [0.5, 0.6) is 0 Å². The molecule has 0 aromatic rings. The molecule has 1 N–H and O–H groups in total. The topological polar surface area (TPSA) is 81.7 Å². The number of carbonyl (C=O) groups excluding carboxylic acids is 3. The SMILES string of the molecule is CC/C=C\C/C=C\C/C=C\C/C=C\C/C=C\C/C=C\CCC(=O)NCCCCC(C(=O)OCC[Si](C)(C)C)C(=O)OC(C)(C)C. The number of amides is 1. The van der Waals surface area contributed by atoms with Gasteiger partial charge in [-0.1, -0.05) is 106 Å². The number of carbonyl (C=O) groups is 3. The first-order valence-electron chi connectivity index (χ1n) is 16.9. The molecule has 0 aromatic heterocycles. The van der Waals surface area contributed by atoms with Gasteiger partial charge >= 0.3 is 11.9 Å². The lowest BCUT2D eigenvalue weighted by Gasteiger charge is -2.23. The van der Waals surface area contributed by atoms with Gasteiger partial charge in [0.15, 0.2) is 5.92 Å². The molecule has 0 radical (unpaired) electrons. The van der Waals surface area contributed by atoms with Crippen molar-refractivity contribution in [3.63, 3.8) is 0 Å². The highest BCUT2D eigenvalue weighted by atomic mass is 28.3. The van der Waals surface area contributed by atoms with Crippen LogP contribution in [0.15, 0.2) is 72.9 Å². The Bertz CT molecular complexity index is 993. The van der Waals surface area contributed by atoms with Gasteiger partial charge < -0.3 is 14.8 Å². The zero-order chi connectivity index (χ0) is 33.8. The third-order valence-corrected chi connectivity index (χ3v) is 8.15. The predicted octanol–water partition coefficient (Wildman–Crippen LogP) is 9.59. The van der Waals surface area contributed by atoms with Crippen molar-refractivity contribution in [2.75, 3.05) is 13.2 Å². The Morgan fingerprint density at radius 3 is 1.67 bits per heavy atom. The van der Waals surface area contributed by atoms with Gasteiger partial charge in [0.05, 0.1) is 6.61 Å². The van der Waals surface area contributed by atoms with Crippen LogP contribution in [-0.2, 0) is 23.9 Å². The second kappa shape index (κ2) is 26.3. The van der Waals surface area contributed by atoms with Crippen LogP contribution in [0.3, 0.4) is 0 Å². The number of allylic oxidation sites excluding steroid dienone is 12. The summed E-state index contributed by atoms with van der Waals surface area (Å²) in [6.07, 6.45) is 34.6. The Balaban J connectivity index is 4.12. The van der Waals surface area contributed by atoms with Crippen LogP contribution in [0.25, 0.3) is 0 Å². The molecular weight excluding hydrogens is 579 g/mol. The van der Waals surface area contributed by atoms with E-state index in [0.29, 0.717) is 45.3 Å². The molecule has 0 saturated heterocycles. The smallest absolute Gasteiger partial charge is 0.320 e. The van der Waals surface area contributed by atoms with Gasteiger partial charge in [0.2, 0.25) is 5.91 Å². The van der Waals surface area contributed by atoms with Crippen molar-refractivity contribution in [3.8, 4) is 0 Å². The number of nitrogens with one attached hydrogen (secondary N) is 1. The maximum atomic E-state index is 12.7. The van der Waals surface area contributed by atoms with Crippen molar-refractivity contribution >= 4 is 25.9 Å². The van der Waals surface area contributed by atoms with E-state index < -0.39 is 31.5 Å². The molecule has 1 atom stereocenters. The van der Waals surface area contributed by atoms with E-state index in [1.54, 1.807) is 20.8 Å². The Morgan fingerprint density at radius 2 is 1.20 bits per heavy atom. The van der Waals surface area contributed by atoms with Gasteiger partial charge in [0.1, 0.15) is 5.60 Å². The summed E-state index contributed by atoms with van der Waals surface area (Å²) < 4.78 is 10.9. The van der Waals surface area contributed by atoms with Crippen LogP contribution in [0.4, 0.5) is 0 Å². The zero-order valence-corrected chi connectivity index (χ0v) is 30.4. The quantitative estimate of drug-likeness (QED) is 0.0373. The van der Waals surface area contributed by atoms with Gasteiger partial charge in [-0.25, -0.2) is 0 Å². The van der Waals surface area contributed by atoms with E-state index in [9.17, 15) is 14.4 Å². The van der Waals surface area contributed by atoms with Gasteiger partial charge in [-0.05, 0) is 84.6 Å². The zero-order valence-electron chi connectivity index (χ0n) is 29.4. The van der Waals surface area contributed by atoms with Crippen molar-refractivity contribution in [1.82, 2.24) is 5.32 Å². The van der Waals surface area contributed by atoms with Crippen LogP contribution in [0, 0.1) is 5.92 Å². The van der Waals surface area contributed by atoms with Crippen LogP contribution < -0.4 is 5.32 Å². The Morgan fingerprint density at radius 1 is 0.711 bits per heavy atom. The van der Waals surface area contributed by atoms with Gasteiger partial charge in [-0.15, -0.1) is 0 Å². The van der Waals surface area contributed by atoms with Crippen LogP contribution >= 0.6 is 0 Å². The van der Waals surface area contributed by atoms with E-state index in [4.69, 9.17) is 9.47 Å². The molecule has 0 heterocycles. The molecule has 6 nitrogen and oxygen atoms in total. The van der Waals surface area contributed by atoms with Crippen molar-refractivity contribution in [2.45, 2.75) is 130 Å². The second-order valence-electron chi connectivity index (χ2n) is 13.4. The Labute approximate surface area is 276 Å². The van der Waals surface area contributed by atoms with Gasteiger partial charge in [-0.2, -0.15) is 0 Å². The van der Waals surface area contributed by atoms with Crippen molar-refractivity contribution in [2.24, 2.45) is 5.92 Å². The average molecular weight is 642 g/mol. The monoisotopic (exact) mass is 641 g/mol. The van der Waals surface area contributed by atoms with E-state index in [1.807, 2.05) is 6.08 Å². The van der Waals surface area contributed by atoms with Crippen LogP contribution in [-0.4, -0.2) is 44.7 Å². The average Bonchev–Trinajstić information content (AvgIpc) is 2.94. The van der Waals surface area contributed by atoms with E-state index in [2.05, 4.69) is 98.7 Å². The van der Waals surface area contributed by atoms with Gasteiger partial charge in [0.25, 0.3) is 0 Å². The summed E-state index contributed by atoms with van der Waals surface area (Å²) in [6.45, 7) is 15.0. The van der Waals surface area contributed by atoms with E-state index >= 15 is 0 Å². The van der Waals surface area contributed by atoms with E-state index in [-0.39, 0.29) is 5.91 Å². The first-order valence-corrected chi connectivity index (χ1v) is 20.6. The molecule has 0 aliphatic heterocycles. The van der Waals surface area contributed by atoms with Gasteiger partial charge in [0, 0.05) is 21.0 Å². The Hall–Kier alpha value is -2.93. The lowest BCUT2D eigenvalue weighted by atomic mass is 10.0. The number of rotatable bonds is 24. The minimum absolute atomic E-state index is 0.00368. The van der Waals surface area contributed by atoms with Crippen LogP contribution in [0.1, 0.15) is 98.3 Å². The molecule has 1 amide bonds. The highest BCUT2D eigenvalue weighted by molar-refractivity contribution is 6.76. The standard InChI is InChI=1S/C38H63NO5Si/c1-8-9-10-11-12-13-14-15-16-17-18-19-20-21-22-23-24-25-26-30-35(40)39-31-28-27-29-34(37(42)44-38(2,3)4)36(41)43-32-33-45(5,6)7/h9-10,12-13,15-16,18-19,21-22,24-25,34H,8,11,14,17,20,23,26-33H2,1-7H3,(H,39,40)/b10-9-,13-12-,16-15-,19-18-,22-21-,25-24-. The fraction of sp³-hybridized carbons (Fsp3) is 0.605. The van der Waals surface area contributed by atoms with Crippen molar-refractivity contribution in [3.05, 3.63) is 72.9 Å². The van der Waals surface area contributed by atoms with Gasteiger partial charge in [-0.3, -0.25) is 14.4 Å². The molecule has 254 valence electrons. The summed E-state index contributed by atoms with van der Waals surface area (Å²) in [5, 5.41) is 2.93.